The minimum atomic E-state index is -3.76. The van der Waals surface area contributed by atoms with Gasteiger partial charge in [-0.3, -0.25) is 14.5 Å². The van der Waals surface area contributed by atoms with E-state index in [0.29, 0.717) is 37.8 Å². The van der Waals surface area contributed by atoms with E-state index in [1.807, 2.05) is 35.2 Å². The summed E-state index contributed by atoms with van der Waals surface area (Å²) in [5.74, 6) is -0.0555. The van der Waals surface area contributed by atoms with Gasteiger partial charge in [-0.2, -0.15) is 0 Å². The second kappa shape index (κ2) is 11.4. The second-order valence-corrected chi connectivity index (χ2v) is 9.85. The van der Waals surface area contributed by atoms with Crippen molar-refractivity contribution in [3.05, 3.63) is 60.2 Å². The number of amides is 2. The van der Waals surface area contributed by atoms with E-state index in [2.05, 4.69) is 17.1 Å². The predicted octanol–water partition coefficient (Wildman–Crippen LogP) is 2.68. The highest BCUT2D eigenvalue weighted by molar-refractivity contribution is 7.89. The maximum absolute atomic E-state index is 12.7. The van der Waals surface area contributed by atoms with Gasteiger partial charge in [0, 0.05) is 43.3 Å². The normalized spacial score (nSPS) is 14.9. The van der Waals surface area contributed by atoms with Crippen molar-refractivity contribution in [2.75, 3.05) is 31.5 Å². The molecule has 1 aliphatic heterocycles. The summed E-state index contributed by atoms with van der Waals surface area (Å²) in [7, 11) is -3.76. The molecule has 1 aliphatic rings. The molecule has 0 atom stereocenters. The van der Waals surface area contributed by atoms with Crippen LogP contribution in [0.5, 0.6) is 0 Å². The monoisotopic (exact) mass is 472 g/mol. The van der Waals surface area contributed by atoms with Crippen LogP contribution in [-0.4, -0.2) is 62.3 Å². The molecule has 178 valence electrons. The van der Waals surface area contributed by atoms with Crippen LogP contribution in [0.1, 0.15) is 43.0 Å². The van der Waals surface area contributed by atoms with Gasteiger partial charge in [0.25, 0.3) is 5.91 Å². The number of carbonyl (C=O) groups is 2. The molecule has 3 rings (SSSR count). The highest BCUT2D eigenvalue weighted by Gasteiger charge is 2.27. The SMILES string of the molecule is CCCN(CCC(=O)Nc1ccc(S(N)(=O)=O)cc1)C1CCN(C(=O)c2ccccc2)CC1. The van der Waals surface area contributed by atoms with Gasteiger partial charge in [0.2, 0.25) is 15.9 Å². The summed E-state index contributed by atoms with van der Waals surface area (Å²) in [6, 6.07) is 15.5. The van der Waals surface area contributed by atoms with Crippen molar-refractivity contribution in [3.8, 4) is 0 Å². The number of likely N-dealkylation sites (tertiary alicyclic amines) is 1. The van der Waals surface area contributed by atoms with Gasteiger partial charge >= 0.3 is 0 Å². The number of primary sulfonamides is 1. The molecule has 1 fully saturated rings. The van der Waals surface area contributed by atoms with Crippen molar-refractivity contribution in [3.63, 3.8) is 0 Å². The van der Waals surface area contributed by atoms with Crippen molar-refractivity contribution in [1.29, 1.82) is 0 Å². The number of piperidine rings is 1. The standard InChI is InChI=1S/C24H32N4O4S/c1-2-15-27(18-14-23(29)26-20-8-10-22(11-9-20)33(25,31)32)21-12-16-28(17-13-21)24(30)19-6-4-3-5-7-19/h3-11,21H,2,12-18H2,1H3,(H,26,29)(H2,25,31,32). The van der Waals surface area contributed by atoms with E-state index in [-0.39, 0.29) is 16.7 Å². The molecule has 1 heterocycles. The van der Waals surface area contributed by atoms with Gasteiger partial charge in [0.15, 0.2) is 0 Å². The quantitative estimate of drug-likeness (QED) is 0.583. The molecule has 0 aromatic heterocycles. The van der Waals surface area contributed by atoms with E-state index < -0.39 is 10.0 Å². The summed E-state index contributed by atoms with van der Waals surface area (Å²) in [6.07, 6.45) is 3.09. The first kappa shape index (κ1) is 24.9. The number of sulfonamides is 1. The Hall–Kier alpha value is -2.75. The molecule has 0 bridgehead atoms. The highest BCUT2D eigenvalue weighted by atomic mass is 32.2. The van der Waals surface area contributed by atoms with Crippen molar-refractivity contribution < 1.29 is 18.0 Å². The number of carbonyl (C=O) groups excluding carboxylic acids is 2. The molecule has 3 N–H and O–H groups in total. The van der Waals surface area contributed by atoms with Crippen LogP contribution in [0.2, 0.25) is 0 Å². The summed E-state index contributed by atoms with van der Waals surface area (Å²) in [5.41, 5.74) is 1.25. The van der Waals surface area contributed by atoms with Crippen molar-refractivity contribution in [1.82, 2.24) is 9.80 Å². The molecule has 0 aliphatic carbocycles. The largest absolute Gasteiger partial charge is 0.339 e. The number of nitrogens with zero attached hydrogens (tertiary/aromatic N) is 2. The first-order chi connectivity index (χ1) is 15.8. The number of rotatable bonds is 9. The van der Waals surface area contributed by atoms with E-state index in [1.54, 1.807) is 0 Å². The van der Waals surface area contributed by atoms with Crippen LogP contribution in [0.15, 0.2) is 59.5 Å². The van der Waals surface area contributed by atoms with Gasteiger partial charge in [-0.05, 0) is 62.2 Å². The number of anilines is 1. The summed E-state index contributed by atoms with van der Waals surface area (Å²) in [5, 5.41) is 7.91. The minimum Gasteiger partial charge on any atom is -0.339 e. The molecule has 2 aromatic rings. The Morgan fingerprint density at radius 3 is 2.24 bits per heavy atom. The van der Waals surface area contributed by atoms with Crippen LogP contribution in [0.25, 0.3) is 0 Å². The van der Waals surface area contributed by atoms with Gasteiger partial charge in [-0.15, -0.1) is 0 Å². The van der Waals surface area contributed by atoms with Gasteiger partial charge in [-0.1, -0.05) is 25.1 Å². The molecular weight excluding hydrogens is 440 g/mol. The molecule has 33 heavy (non-hydrogen) atoms. The Morgan fingerprint density at radius 1 is 1.03 bits per heavy atom. The fraction of sp³-hybridized carbons (Fsp3) is 0.417. The van der Waals surface area contributed by atoms with Gasteiger partial charge < -0.3 is 10.2 Å². The third kappa shape index (κ3) is 7.12. The molecule has 0 radical (unpaired) electrons. The smallest absolute Gasteiger partial charge is 0.253 e. The van der Waals surface area contributed by atoms with Crippen molar-refractivity contribution >= 4 is 27.5 Å². The zero-order chi connectivity index (χ0) is 23.8. The Morgan fingerprint density at radius 2 is 1.67 bits per heavy atom. The summed E-state index contributed by atoms with van der Waals surface area (Å²) < 4.78 is 22.7. The Balaban J connectivity index is 1.49. The molecule has 2 amide bonds. The number of nitrogens with one attached hydrogen (secondary N) is 1. The number of hydrogen-bond acceptors (Lipinski definition) is 5. The summed E-state index contributed by atoms with van der Waals surface area (Å²) >= 11 is 0. The third-order valence-corrected chi connectivity index (χ3v) is 6.82. The number of hydrogen-bond donors (Lipinski definition) is 2. The lowest BCUT2D eigenvalue weighted by Crippen LogP contribution is -2.47. The highest BCUT2D eigenvalue weighted by Crippen LogP contribution is 2.20. The van der Waals surface area contributed by atoms with Crippen LogP contribution >= 0.6 is 0 Å². The predicted molar refractivity (Wildman–Crippen MR) is 128 cm³/mol. The molecule has 9 heteroatoms. The average Bonchev–Trinajstić information content (AvgIpc) is 2.82. The van der Waals surface area contributed by atoms with E-state index in [4.69, 9.17) is 5.14 Å². The van der Waals surface area contributed by atoms with E-state index in [0.717, 1.165) is 31.4 Å². The molecule has 0 saturated carbocycles. The first-order valence-corrected chi connectivity index (χ1v) is 12.8. The zero-order valence-electron chi connectivity index (χ0n) is 18.9. The van der Waals surface area contributed by atoms with E-state index in [1.165, 1.54) is 24.3 Å². The van der Waals surface area contributed by atoms with Crippen molar-refractivity contribution in [2.24, 2.45) is 5.14 Å². The Kier molecular flexibility index (Phi) is 8.60. The second-order valence-electron chi connectivity index (χ2n) is 8.29. The third-order valence-electron chi connectivity index (χ3n) is 5.89. The molecular formula is C24H32N4O4S. The lowest BCUT2D eigenvalue weighted by atomic mass is 10.0. The van der Waals surface area contributed by atoms with E-state index in [9.17, 15) is 18.0 Å². The Bertz CT molecular complexity index is 1030. The average molecular weight is 473 g/mol. The molecule has 8 nitrogen and oxygen atoms in total. The van der Waals surface area contributed by atoms with Crippen molar-refractivity contribution in [2.45, 2.75) is 43.5 Å². The Labute approximate surface area is 195 Å². The van der Waals surface area contributed by atoms with Gasteiger partial charge in [0.05, 0.1) is 4.90 Å². The lowest BCUT2D eigenvalue weighted by molar-refractivity contribution is -0.116. The van der Waals surface area contributed by atoms with Crippen LogP contribution in [0.4, 0.5) is 5.69 Å². The molecule has 1 saturated heterocycles. The fourth-order valence-corrected chi connectivity index (χ4v) is 4.67. The van der Waals surface area contributed by atoms with Gasteiger partial charge in [0.1, 0.15) is 0 Å². The molecule has 0 unspecified atom stereocenters. The number of nitrogens with two attached hydrogens (primary N) is 1. The number of benzene rings is 2. The first-order valence-electron chi connectivity index (χ1n) is 11.3. The maximum atomic E-state index is 12.7. The van der Waals surface area contributed by atoms with Crippen LogP contribution in [0.3, 0.4) is 0 Å². The lowest BCUT2D eigenvalue weighted by Gasteiger charge is -2.38. The zero-order valence-corrected chi connectivity index (χ0v) is 19.8. The maximum Gasteiger partial charge on any atom is 0.253 e. The molecule has 0 spiro atoms. The van der Waals surface area contributed by atoms with Gasteiger partial charge in [-0.25, -0.2) is 13.6 Å². The van der Waals surface area contributed by atoms with E-state index >= 15 is 0 Å². The molecule has 2 aromatic carbocycles. The van der Waals surface area contributed by atoms with Crippen LogP contribution in [-0.2, 0) is 14.8 Å². The topological polar surface area (TPSA) is 113 Å². The fourth-order valence-electron chi connectivity index (χ4n) is 4.16. The van der Waals surface area contributed by atoms with Crippen LogP contribution < -0.4 is 10.5 Å². The summed E-state index contributed by atoms with van der Waals surface area (Å²) in [4.78, 5) is 29.4. The summed E-state index contributed by atoms with van der Waals surface area (Å²) in [6.45, 7) is 5.07. The van der Waals surface area contributed by atoms with Crippen LogP contribution in [0, 0.1) is 0 Å². The minimum absolute atomic E-state index is 0.00621.